The highest BCUT2D eigenvalue weighted by atomic mass is 32.1. The van der Waals surface area contributed by atoms with Crippen LogP contribution in [0.3, 0.4) is 0 Å². The zero-order valence-electron chi connectivity index (χ0n) is 13.5. The highest BCUT2D eigenvalue weighted by molar-refractivity contribution is 7.15. The molecule has 1 atom stereocenters. The van der Waals surface area contributed by atoms with Crippen molar-refractivity contribution in [1.29, 1.82) is 0 Å². The first-order valence-corrected chi connectivity index (χ1v) is 8.25. The van der Waals surface area contributed by atoms with Gasteiger partial charge in [-0.15, -0.1) is 16.4 Å². The van der Waals surface area contributed by atoms with Crippen LogP contribution in [0.15, 0.2) is 29.1 Å². The predicted molar refractivity (Wildman–Crippen MR) is 92.1 cm³/mol. The molecule has 8 heteroatoms. The molecule has 0 saturated carbocycles. The summed E-state index contributed by atoms with van der Waals surface area (Å²) in [6.07, 6.45) is 0. The van der Waals surface area contributed by atoms with Gasteiger partial charge in [-0.25, -0.2) is 14.9 Å². The van der Waals surface area contributed by atoms with Gasteiger partial charge in [0.1, 0.15) is 5.01 Å². The van der Waals surface area contributed by atoms with E-state index in [0.717, 1.165) is 21.1 Å². The number of hydrogen-bond acceptors (Lipinski definition) is 5. The van der Waals surface area contributed by atoms with Crippen LogP contribution in [0.4, 0.5) is 0 Å². The molecule has 0 bridgehead atoms. The van der Waals surface area contributed by atoms with Gasteiger partial charge in [0.05, 0.1) is 16.6 Å². The SMILES string of the molecule is Cc1ccc(-c2nc(C)c(C(C)NC(=O)c3n[nH]c(=O)[nH]3)s2)cc1. The molecule has 0 aliphatic heterocycles. The van der Waals surface area contributed by atoms with E-state index < -0.39 is 11.6 Å². The van der Waals surface area contributed by atoms with Crippen LogP contribution in [-0.2, 0) is 0 Å². The zero-order chi connectivity index (χ0) is 17.3. The second-order valence-electron chi connectivity index (χ2n) is 5.56. The fraction of sp³-hybridized carbons (Fsp3) is 0.250. The summed E-state index contributed by atoms with van der Waals surface area (Å²) in [6, 6.07) is 7.93. The number of aromatic nitrogens is 4. The van der Waals surface area contributed by atoms with E-state index >= 15 is 0 Å². The Hall–Kier alpha value is -2.74. The topological polar surface area (TPSA) is 104 Å². The number of aromatic amines is 2. The molecular weight excluding hydrogens is 326 g/mol. The predicted octanol–water partition coefficient (Wildman–Crippen LogP) is 2.33. The van der Waals surface area contributed by atoms with E-state index in [0.29, 0.717) is 0 Å². The van der Waals surface area contributed by atoms with Crippen molar-refractivity contribution < 1.29 is 4.79 Å². The minimum atomic E-state index is -0.511. The van der Waals surface area contributed by atoms with Crippen molar-refractivity contribution in [2.45, 2.75) is 26.8 Å². The van der Waals surface area contributed by atoms with Crippen LogP contribution >= 0.6 is 11.3 Å². The van der Waals surface area contributed by atoms with Gasteiger partial charge in [-0.3, -0.25) is 9.78 Å². The number of benzene rings is 1. The lowest BCUT2D eigenvalue weighted by molar-refractivity contribution is 0.0930. The number of carbonyl (C=O) groups is 1. The molecule has 1 unspecified atom stereocenters. The average molecular weight is 343 g/mol. The molecular formula is C16H17N5O2S. The van der Waals surface area contributed by atoms with E-state index in [1.165, 1.54) is 5.56 Å². The number of H-pyrrole nitrogens is 2. The van der Waals surface area contributed by atoms with Crippen molar-refractivity contribution >= 4 is 17.2 Å². The van der Waals surface area contributed by atoms with E-state index in [1.54, 1.807) is 11.3 Å². The highest BCUT2D eigenvalue weighted by Gasteiger charge is 2.19. The van der Waals surface area contributed by atoms with Crippen molar-refractivity contribution in [1.82, 2.24) is 25.5 Å². The summed E-state index contributed by atoms with van der Waals surface area (Å²) in [6.45, 7) is 5.84. The summed E-state index contributed by atoms with van der Waals surface area (Å²) in [5.41, 5.74) is 2.61. The largest absolute Gasteiger partial charge is 0.342 e. The molecule has 0 aliphatic rings. The molecule has 3 N–H and O–H groups in total. The van der Waals surface area contributed by atoms with Gasteiger partial charge in [0.15, 0.2) is 0 Å². The number of nitrogens with one attached hydrogen (secondary N) is 3. The number of aryl methyl sites for hydroxylation is 2. The van der Waals surface area contributed by atoms with E-state index in [-0.39, 0.29) is 11.9 Å². The maximum absolute atomic E-state index is 12.1. The Kier molecular flexibility index (Phi) is 4.30. The normalized spacial score (nSPS) is 12.1. The van der Waals surface area contributed by atoms with Crippen LogP contribution in [-0.4, -0.2) is 26.1 Å². The van der Waals surface area contributed by atoms with E-state index in [1.807, 2.05) is 45.0 Å². The third-order valence-corrected chi connectivity index (χ3v) is 4.98. The summed E-state index contributed by atoms with van der Waals surface area (Å²) in [5, 5.41) is 9.53. The number of amides is 1. The van der Waals surface area contributed by atoms with Gasteiger partial charge in [0.25, 0.3) is 5.91 Å². The summed E-state index contributed by atoms with van der Waals surface area (Å²) < 4.78 is 0. The number of carbonyl (C=O) groups excluding carboxylic acids is 1. The van der Waals surface area contributed by atoms with Gasteiger partial charge < -0.3 is 5.32 Å². The number of nitrogens with zero attached hydrogens (tertiary/aromatic N) is 2. The van der Waals surface area contributed by atoms with Crippen LogP contribution in [0, 0.1) is 13.8 Å². The Labute approximate surface area is 142 Å². The lowest BCUT2D eigenvalue weighted by atomic mass is 10.2. The monoisotopic (exact) mass is 343 g/mol. The summed E-state index contributed by atoms with van der Waals surface area (Å²) in [5.74, 6) is -0.474. The van der Waals surface area contributed by atoms with Crippen molar-refractivity contribution in [3.63, 3.8) is 0 Å². The number of hydrogen-bond donors (Lipinski definition) is 3. The first-order valence-electron chi connectivity index (χ1n) is 7.44. The van der Waals surface area contributed by atoms with Gasteiger partial charge in [-0.05, 0) is 20.8 Å². The molecule has 2 heterocycles. The van der Waals surface area contributed by atoms with Crippen molar-refractivity contribution in [2.24, 2.45) is 0 Å². The maximum atomic E-state index is 12.1. The first kappa shape index (κ1) is 16.1. The molecule has 1 amide bonds. The Morgan fingerprint density at radius 3 is 2.58 bits per heavy atom. The Morgan fingerprint density at radius 1 is 1.25 bits per heavy atom. The number of rotatable bonds is 4. The maximum Gasteiger partial charge on any atom is 0.341 e. The molecule has 124 valence electrons. The molecule has 3 rings (SSSR count). The van der Waals surface area contributed by atoms with Gasteiger partial charge in [0, 0.05) is 5.56 Å². The second-order valence-corrected chi connectivity index (χ2v) is 6.59. The van der Waals surface area contributed by atoms with E-state index in [9.17, 15) is 9.59 Å². The summed E-state index contributed by atoms with van der Waals surface area (Å²) in [4.78, 5) is 31.0. The standard InChI is InChI=1S/C16H17N5O2S/c1-8-4-6-11(7-5-8)15-18-10(3)12(24-15)9(2)17-14(22)13-19-16(23)21-20-13/h4-7,9H,1-3H3,(H,17,22)(H2,19,20,21,23). The molecule has 0 aliphatic carbocycles. The van der Waals surface area contributed by atoms with Gasteiger partial charge in [-0.2, -0.15) is 0 Å². The van der Waals surface area contributed by atoms with Crippen molar-refractivity contribution in [2.75, 3.05) is 0 Å². The molecule has 3 aromatic rings. The highest BCUT2D eigenvalue weighted by Crippen LogP contribution is 2.31. The minimum absolute atomic E-state index is 0.0345. The average Bonchev–Trinajstić information content (AvgIpc) is 3.14. The molecule has 0 spiro atoms. The Balaban J connectivity index is 1.80. The molecule has 1 aromatic carbocycles. The zero-order valence-corrected chi connectivity index (χ0v) is 14.3. The molecule has 0 radical (unpaired) electrons. The lowest BCUT2D eigenvalue weighted by Crippen LogP contribution is -2.27. The van der Waals surface area contributed by atoms with E-state index in [4.69, 9.17) is 0 Å². The van der Waals surface area contributed by atoms with Gasteiger partial charge in [-0.1, -0.05) is 29.8 Å². The lowest BCUT2D eigenvalue weighted by Gasteiger charge is -2.11. The van der Waals surface area contributed by atoms with Crippen LogP contribution in [0.2, 0.25) is 0 Å². The second kappa shape index (κ2) is 6.40. The van der Waals surface area contributed by atoms with Gasteiger partial charge >= 0.3 is 5.69 Å². The van der Waals surface area contributed by atoms with Crippen LogP contribution in [0.1, 0.15) is 39.7 Å². The fourth-order valence-corrected chi connectivity index (χ4v) is 3.41. The smallest absolute Gasteiger partial charge is 0.341 e. The fourth-order valence-electron chi connectivity index (χ4n) is 2.34. The third kappa shape index (κ3) is 3.28. The van der Waals surface area contributed by atoms with Crippen molar-refractivity contribution in [3.8, 4) is 10.6 Å². The number of thiazole rings is 1. The van der Waals surface area contributed by atoms with Crippen LogP contribution < -0.4 is 11.0 Å². The third-order valence-electron chi connectivity index (χ3n) is 3.59. The van der Waals surface area contributed by atoms with Crippen LogP contribution in [0.25, 0.3) is 10.6 Å². The van der Waals surface area contributed by atoms with Crippen molar-refractivity contribution in [3.05, 3.63) is 56.7 Å². The molecule has 0 fully saturated rings. The first-order chi connectivity index (χ1) is 11.4. The molecule has 0 saturated heterocycles. The van der Waals surface area contributed by atoms with Crippen LogP contribution in [0.5, 0.6) is 0 Å². The summed E-state index contributed by atoms with van der Waals surface area (Å²) >= 11 is 1.54. The Morgan fingerprint density at radius 2 is 1.96 bits per heavy atom. The minimum Gasteiger partial charge on any atom is -0.342 e. The molecule has 2 aromatic heterocycles. The molecule has 7 nitrogen and oxygen atoms in total. The van der Waals surface area contributed by atoms with Gasteiger partial charge in [0.2, 0.25) is 5.82 Å². The summed E-state index contributed by atoms with van der Waals surface area (Å²) in [7, 11) is 0. The quantitative estimate of drug-likeness (QED) is 0.676. The van der Waals surface area contributed by atoms with E-state index in [2.05, 4.69) is 25.5 Å². The molecule has 24 heavy (non-hydrogen) atoms. The Bertz CT molecular complexity index is 923.